The summed E-state index contributed by atoms with van der Waals surface area (Å²) >= 11 is 1.46. The molecule has 0 saturated carbocycles. The van der Waals surface area contributed by atoms with Crippen LogP contribution in [0.2, 0.25) is 0 Å². The first-order valence-corrected chi connectivity index (χ1v) is 12.6. The predicted octanol–water partition coefficient (Wildman–Crippen LogP) is -0.113. The highest BCUT2D eigenvalue weighted by Crippen LogP contribution is 2.11. The third-order valence-electron chi connectivity index (χ3n) is 5.47. The van der Waals surface area contributed by atoms with Gasteiger partial charge in [0.25, 0.3) is 0 Å². The van der Waals surface area contributed by atoms with Gasteiger partial charge in [-0.1, -0.05) is 50.6 Å². The van der Waals surface area contributed by atoms with Gasteiger partial charge in [-0.25, -0.2) is 4.79 Å². The topological polar surface area (TPSA) is 171 Å². The first-order valence-electron chi connectivity index (χ1n) is 11.2. The molecule has 34 heavy (non-hydrogen) atoms. The van der Waals surface area contributed by atoms with Crippen LogP contribution in [-0.2, 0) is 25.6 Å². The number of carboxylic acid groups (broad SMARTS) is 1. The van der Waals surface area contributed by atoms with Crippen LogP contribution in [0.1, 0.15) is 32.3 Å². The van der Waals surface area contributed by atoms with E-state index in [0.29, 0.717) is 12.2 Å². The van der Waals surface area contributed by atoms with Gasteiger partial charge in [-0.3, -0.25) is 14.4 Å². The second-order valence-corrected chi connectivity index (χ2v) is 9.08. The van der Waals surface area contributed by atoms with E-state index >= 15 is 0 Å². The number of carbonyl (C=O) groups is 4. The van der Waals surface area contributed by atoms with Gasteiger partial charge >= 0.3 is 5.97 Å². The maximum absolute atomic E-state index is 13.2. The zero-order valence-electron chi connectivity index (χ0n) is 19.8. The van der Waals surface area contributed by atoms with Gasteiger partial charge in [0.1, 0.15) is 24.2 Å². The minimum absolute atomic E-state index is 0.130. The number of aliphatic carboxylic acids is 1. The van der Waals surface area contributed by atoms with E-state index in [4.69, 9.17) is 10.8 Å². The summed E-state index contributed by atoms with van der Waals surface area (Å²) in [5.74, 6) is -2.82. The summed E-state index contributed by atoms with van der Waals surface area (Å²) in [4.78, 5) is 50.0. The molecule has 10 nitrogen and oxygen atoms in total. The van der Waals surface area contributed by atoms with Gasteiger partial charge < -0.3 is 31.9 Å². The van der Waals surface area contributed by atoms with Gasteiger partial charge in [-0.05, 0) is 29.9 Å². The van der Waals surface area contributed by atoms with Crippen LogP contribution in [0.5, 0.6) is 0 Å². The first-order chi connectivity index (χ1) is 16.1. The molecule has 0 aromatic heterocycles. The number of hydrogen-bond acceptors (Lipinski definition) is 7. The molecule has 1 aromatic carbocycles. The minimum Gasteiger partial charge on any atom is -0.480 e. The molecule has 0 spiro atoms. The van der Waals surface area contributed by atoms with Crippen LogP contribution in [-0.4, -0.2) is 76.7 Å². The second-order valence-electron chi connectivity index (χ2n) is 8.09. The van der Waals surface area contributed by atoms with Crippen molar-refractivity contribution in [3.8, 4) is 0 Å². The van der Waals surface area contributed by atoms with E-state index in [2.05, 4.69) is 16.0 Å². The van der Waals surface area contributed by atoms with Crippen LogP contribution < -0.4 is 21.7 Å². The monoisotopic (exact) mass is 496 g/mol. The van der Waals surface area contributed by atoms with Crippen molar-refractivity contribution in [3.63, 3.8) is 0 Å². The molecule has 190 valence electrons. The van der Waals surface area contributed by atoms with E-state index in [1.807, 2.05) is 19.2 Å². The third kappa shape index (κ3) is 9.70. The summed E-state index contributed by atoms with van der Waals surface area (Å²) < 4.78 is 0. The quantitative estimate of drug-likeness (QED) is 0.195. The number of aliphatic hydroxyl groups excluding tert-OH is 1. The van der Waals surface area contributed by atoms with E-state index < -0.39 is 54.5 Å². The van der Waals surface area contributed by atoms with E-state index in [-0.39, 0.29) is 18.8 Å². The highest BCUT2D eigenvalue weighted by atomic mass is 32.2. The molecule has 1 aromatic rings. The molecule has 11 heteroatoms. The number of carbonyl (C=O) groups excluding carboxylic acids is 3. The lowest BCUT2D eigenvalue weighted by molar-refractivity contribution is -0.142. The number of carboxylic acids is 1. The van der Waals surface area contributed by atoms with Crippen molar-refractivity contribution in [2.24, 2.45) is 11.7 Å². The van der Waals surface area contributed by atoms with E-state index in [0.717, 1.165) is 5.56 Å². The number of rotatable bonds is 15. The number of benzene rings is 1. The molecule has 0 fully saturated rings. The van der Waals surface area contributed by atoms with Crippen LogP contribution in [0, 0.1) is 5.92 Å². The van der Waals surface area contributed by atoms with E-state index in [1.54, 1.807) is 31.2 Å². The molecule has 7 N–H and O–H groups in total. The predicted molar refractivity (Wildman–Crippen MR) is 131 cm³/mol. The average molecular weight is 497 g/mol. The number of amides is 3. The van der Waals surface area contributed by atoms with Crippen molar-refractivity contribution >= 4 is 35.5 Å². The molecule has 0 aliphatic heterocycles. The lowest BCUT2D eigenvalue weighted by Gasteiger charge is -2.28. The van der Waals surface area contributed by atoms with Crippen LogP contribution >= 0.6 is 11.8 Å². The Morgan fingerprint density at radius 2 is 1.62 bits per heavy atom. The maximum atomic E-state index is 13.2. The molecule has 1 rings (SSSR count). The number of thioether (sulfide) groups is 1. The molecule has 3 amide bonds. The van der Waals surface area contributed by atoms with Crippen molar-refractivity contribution in [1.29, 1.82) is 0 Å². The molecule has 0 radical (unpaired) electrons. The lowest BCUT2D eigenvalue weighted by Crippen LogP contribution is -2.59. The minimum atomic E-state index is -1.18. The SMILES string of the molecule is CCC(C)C(NC(=O)C(N)CO)C(=O)NC(Cc1ccccc1)C(=O)NC(CCSC)C(=O)O. The van der Waals surface area contributed by atoms with Crippen LogP contribution in [0.4, 0.5) is 0 Å². The number of nitrogens with one attached hydrogen (secondary N) is 3. The molecule has 0 aliphatic carbocycles. The van der Waals surface area contributed by atoms with E-state index in [9.17, 15) is 24.3 Å². The smallest absolute Gasteiger partial charge is 0.326 e. The highest BCUT2D eigenvalue weighted by Gasteiger charge is 2.32. The van der Waals surface area contributed by atoms with Gasteiger partial charge in [0, 0.05) is 6.42 Å². The molecule has 5 unspecified atom stereocenters. The molecule has 0 saturated heterocycles. The summed E-state index contributed by atoms with van der Waals surface area (Å²) in [5.41, 5.74) is 6.33. The third-order valence-corrected chi connectivity index (χ3v) is 6.11. The number of hydrogen-bond donors (Lipinski definition) is 6. The Balaban J connectivity index is 3.11. The fraction of sp³-hybridized carbons (Fsp3) is 0.565. The second kappa shape index (κ2) is 15.3. The van der Waals surface area contributed by atoms with Crippen molar-refractivity contribution in [2.45, 2.75) is 57.3 Å². The van der Waals surface area contributed by atoms with Crippen molar-refractivity contribution < 1.29 is 29.4 Å². The zero-order chi connectivity index (χ0) is 25.7. The van der Waals surface area contributed by atoms with Crippen LogP contribution in [0.3, 0.4) is 0 Å². The van der Waals surface area contributed by atoms with Gasteiger partial charge in [0.05, 0.1) is 6.61 Å². The Morgan fingerprint density at radius 3 is 2.15 bits per heavy atom. The van der Waals surface area contributed by atoms with Crippen molar-refractivity contribution in [1.82, 2.24) is 16.0 Å². The summed E-state index contributed by atoms with van der Waals surface area (Å²) in [5, 5.41) is 26.4. The fourth-order valence-electron chi connectivity index (χ4n) is 3.13. The Kier molecular flexibility index (Phi) is 13.2. The van der Waals surface area contributed by atoms with E-state index in [1.165, 1.54) is 11.8 Å². The van der Waals surface area contributed by atoms with Gasteiger partial charge in [-0.2, -0.15) is 11.8 Å². The molecule has 5 atom stereocenters. The van der Waals surface area contributed by atoms with Crippen molar-refractivity contribution in [2.75, 3.05) is 18.6 Å². The molecule has 0 aliphatic rings. The van der Waals surface area contributed by atoms with Gasteiger partial charge in [-0.15, -0.1) is 0 Å². The van der Waals surface area contributed by atoms with Gasteiger partial charge in [0.15, 0.2) is 0 Å². The molecule has 0 bridgehead atoms. The summed E-state index contributed by atoms with van der Waals surface area (Å²) in [7, 11) is 0. The fourth-order valence-corrected chi connectivity index (χ4v) is 3.60. The Labute approximate surface area is 204 Å². The summed E-state index contributed by atoms with van der Waals surface area (Å²) in [6.45, 7) is 3.04. The van der Waals surface area contributed by atoms with Crippen molar-refractivity contribution in [3.05, 3.63) is 35.9 Å². The summed E-state index contributed by atoms with van der Waals surface area (Å²) in [6.07, 6.45) is 2.76. The average Bonchev–Trinajstić information content (AvgIpc) is 2.83. The lowest BCUT2D eigenvalue weighted by atomic mass is 9.96. The van der Waals surface area contributed by atoms with Crippen LogP contribution in [0.25, 0.3) is 0 Å². The summed E-state index contributed by atoms with van der Waals surface area (Å²) in [6, 6.07) is 4.66. The molecular formula is C23H36N4O6S. The standard InChI is InChI=1S/C23H36N4O6S/c1-4-14(2)19(27-20(29)16(24)13-28)22(31)26-18(12-15-8-6-5-7-9-15)21(30)25-17(23(32)33)10-11-34-3/h5-9,14,16-19,28H,4,10-13,24H2,1-3H3,(H,25,30)(H,26,31)(H,27,29)(H,32,33). The largest absolute Gasteiger partial charge is 0.480 e. The Morgan fingerprint density at radius 1 is 1.00 bits per heavy atom. The van der Waals surface area contributed by atoms with Gasteiger partial charge in [0.2, 0.25) is 17.7 Å². The Hall–Kier alpha value is -2.63. The maximum Gasteiger partial charge on any atom is 0.326 e. The zero-order valence-corrected chi connectivity index (χ0v) is 20.6. The first kappa shape index (κ1) is 29.4. The molecular weight excluding hydrogens is 460 g/mol. The number of aliphatic hydroxyl groups is 1. The highest BCUT2D eigenvalue weighted by molar-refractivity contribution is 7.98. The normalized spacial score (nSPS) is 15.3. The molecule has 0 heterocycles. The number of nitrogens with two attached hydrogens (primary N) is 1. The Bertz CT molecular complexity index is 810. The van der Waals surface area contributed by atoms with Crippen LogP contribution in [0.15, 0.2) is 30.3 Å².